The molecule has 1 aliphatic heterocycles. The molecule has 11 nitrogen and oxygen atoms in total. The van der Waals surface area contributed by atoms with Gasteiger partial charge in [0.2, 0.25) is 5.75 Å². The normalized spacial score (nSPS) is 14.2. The van der Waals surface area contributed by atoms with Crippen LogP contribution >= 0.6 is 15.9 Å². The lowest BCUT2D eigenvalue weighted by Crippen LogP contribution is -2.27. The largest absolute Gasteiger partial charge is 0.493 e. The molecule has 0 spiro atoms. The number of nitrogens with zero attached hydrogens (tertiary/aromatic N) is 3. The first-order valence-electron chi connectivity index (χ1n) is 14.1. The number of nitro groups is 1. The van der Waals surface area contributed by atoms with E-state index in [2.05, 4.69) is 20.9 Å². The zero-order chi connectivity index (χ0) is 32.5. The number of carbonyl (C=O) groups is 1. The van der Waals surface area contributed by atoms with Crippen LogP contribution in [0.4, 0.5) is 5.69 Å². The predicted molar refractivity (Wildman–Crippen MR) is 177 cm³/mol. The number of hydrogen-bond donors (Lipinski definition) is 1. The minimum absolute atomic E-state index is 0.0895. The number of hydrazone groups is 1. The Labute approximate surface area is 271 Å². The van der Waals surface area contributed by atoms with E-state index in [4.69, 9.17) is 19.3 Å². The lowest BCUT2D eigenvalue weighted by molar-refractivity contribution is -0.384. The fourth-order valence-corrected chi connectivity index (χ4v) is 6.07. The number of nitrogens with one attached hydrogen (secondary N) is 1. The van der Waals surface area contributed by atoms with Gasteiger partial charge < -0.3 is 19.2 Å². The van der Waals surface area contributed by atoms with Gasteiger partial charge >= 0.3 is 0 Å². The van der Waals surface area contributed by atoms with Gasteiger partial charge in [-0.1, -0.05) is 58.4 Å². The number of carbonyl (C=O) groups excluding carboxylic acids is 1. The summed E-state index contributed by atoms with van der Waals surface area (Å²) in [7, 11) is 4.37. The Morgan fingerprint density at radius 3 is 2.22 bits per heavy atom. The molecule has 1 aromatic heterocycles. The third-order valence-corrected chi connectivity index (χ3v) is 8.34. The standard InChI is InChI=1S/C34H27BrN4O7/c1-44-28-15-21(16-29(45-2)32(28)46-3)34(41)38-27(19-9-12-23(13-10-19)39(42)43)18-26(37-38)31-30(20-7-5-4-6-8-20)24-17-22(35)11-14-25(24)36-33(31)40/h4-17,27H,18H2,1-3H3,(H,36,40). The van der Waals surface area contributed by atoms with Gasteiger partial charge in [-0.05, 0) is 41.5 Å². The molecule has 6 rings (SSSR count). The predicted octanol–water partition coefficient (Wildman–Crippen LogP) is 6.88. The number of pyridine rings is 1. The highest BCUT2D eigenvalue weighted by Gasteiger charge is 2.37. The maximum atomic E-state index is 14.3. The number of non-ortho nitro benzene ring substituents is 1. The molecular formula is C34H27BrN4O7. The molecule has 4 aromatic carbocycles. The summed E-state index contributed by atoms with van der Waals surface area (Å²) in [6.45, 7) is 0. The molecule has 1 aliphatic rings. The Kier molecular flexibility index (Phi) is 8.29. The highest BCUT2D eigenvalue weighted by molar-refractivity contribution is 9.10. The number of rotatable bonds is 8. The summed E-state index contributed by atoms with van der Waals surface area (Å²) < 4.78 is 17.2. The van der Waals surface area contributed by atoms with Gasteiger partial charge in [0.15, 0.2) is 11.5 Å². The quantitative estimate of drug-likeness (QED) is 0.139. The van der Waals surface area contributed by atoms with Crippen LogP contribution in [0.3, 0.4) is 0 Å². The zero-order valence-corrected chi connectivity index (χ0v) is 26.5. The zero-order valence-electron chi connectivity index (χ0n) is 24.9. The summed E-state index contributed by atoms with van der Waals surface area (Å²) in [5.74, 6) is 0.381. The number of hydrogen-bond acceptors (Lipinski definition) is 8. The van der Waals surface area contributed by atoms with Crippen LogP contribution in [0, 0.1) is 10.1 Å². The first-order chi connectivity index (χ1) is 22.2. The van der Waals surface area contributed by atoms with Crippen molar-refractivity contribution in [3.05, 3.63) is 127 Å². The summed E-state index contributed by atoms with van der Waals surface area (Å²) in [6.07, 6.45) is 0.163. The summed E-state index contributed by atoms with van der Waals surface area (Å²) in [4.78, 5) is 42.0. The van der Waals surface area contributed by atoms with Crippen LogP contribution in [-0.4, -0.2) is 47.9 Å². The Balaban J connectivity index is 1.56. The molecule has 1 N–H and O–H groups in total. The molecule has 0 bridgehead atoms. The van der Waals surface area contributed by atoms with E-state index >= 15 is 0 Å². The number of benzene rings is 4. The van der Waals surface area contributed by atoms with Crippen LogP contribution in [0.1, 0.15) is 33.9 Å². The third-order valence-electron chi connectivity index (χ3n) is 7.85. The first-order valence-corrected chi connectivity index (χ1v) is 14.9. The fraction of sp³-hybridized carbons (Fsp3) is 0.147. The highest BCUT2D eigenvalue weighted by Crippen LogP contribution is 2.41. The van der Waals surface area contributed by atoms with Crippen molar-refractivity contribution >= 4 is 44.1 Å². The van der Waals surface area contributed by atoms with E-state index in [-0.39, 0.29) is 34.7 Å². The molecule has 12 heteroatoms. The second-order valence-electron chi connectivity index (χ2n) is 10.4. The first kappa shape index (κ1) is 30.5. The minimum atomic E-state index is -0.691. The van der Waals surface area contributed by atoms with Gasteiger partial charge in [-0.2, -0.15) is 5.10 Å². The maximum absolute atomic E-state index is 14.3. The van der Waals surface area contributed by atoms with Crippen molar-refractivity contribution in [2.45, 2.75) is 12.5 Å². The van der Waals surface area contributed by atoms with Crippen molar-refractivity contribution in [1.82, 2.24) is 9.99 Å². The lowest BCUT2D eigenvalue weighted by Gasteiger charge is -2.23. The van der Waals surface area contributed by atoms with E-state index in [1.54, 1.807) is 12.1 Å². The Morgan fingerprint density at radius 1 is 0.935 bits per heavy atom. The van der Waals surface area contributed by atoms with Gasteiger partial charge in [0.25, 0.3) is 17.2 Å². The van der Waals surface area contributed by atoms with Crippen molar-refractivity contribution < 1.29 is 23.9 Å². The molecule has 0 aliphatic carbocycles. The Hall–Kier alpha value is -5.49. The van der Waals surface area contributed by atoms with Gasteiger partial charge in [0, 0.05) is 45.1 Å². The van der Waals surface area contributed by atoms with Crippen LogP contribution in [0.15, 0.2) is 99.3 Å². The molecule has 0 saturated heterocycles. The highest BCUT2D eigenvalue weighted by atomic mass is 79.9. The summed E-state index contributed by atoms with van der Waals surface area (Å²) >= 11 is 3.56. The number of aromatic nitrogens is 1. The molecule has 1 amide bonds. The molecule has 1 unspecified atom stereocenters. The third kappa shape index (κ3) is 5.47. The van der Waals surface area contributed by atoms with E-state index < -0.39 is 16.9 Å². The van der Waals surface area contributed by atoms with Gasteiger partial charge in [0.05, 0.1) is 43.6 Å². The average Bonchev–Trinajstić information content (AvgIpc) is 3.52. The number of nitro benzene ring substituents is 1. The number of halogens is 1. The van der Waals surface area contributed by atoms with Crippen LogP contribution in [-0.2, 0) is 0 Å². The number of amides is 1. The Morgan fingerprint density at radius 2 is 1.61 bits per heavy atom. The summed E-state index contributed by atoms with van der Waals surface area (Å²) in [6, 6.07) is 23.4. The van der Waals surface area contributed by atoms with Crippen molar-refractivity contribution in [2.75, 3.05) is 21.3 Å². The molecule has 5 aromatic rings. The lowest BCUT2D eigenvalue weighted by atomic mass is 9.91. The van der Waals surface area contributed by atoms with Crippen LogP contribution in [0.25, 0.3) is 22.0 Å². The van der Waals surface area contributed by atoms with Gasteiger partial charge in [-0.3, -0.25) is 19.7 Å². The monoisotopic (exact) mass is 682 g/mol. The van der Waals surface area contributed by atoms with Crippen molar-refractivity contribution in [3.8, 4) is 28.4 Å². The molecular weight excluding hydrogens is 656 g/mol. The number of H-pyrrole nitrogens is 1. The summed E-state index contributed by atoms with van der Waals surface area (Å²) in [5, 5.41) is 18.3. The van der Waals surface area contributed by atoms with Crippen LogP contribution in [0.5, 0.6) is 17.2 Å². The van der Waals surface area contributed by atoms with Gasteiger partial charge in [0.1, 0.15) is 0 Å². The maximum Gasteiger partial charge on any atom is 0.274 e. The molecule has 0 fully saturated rings. The van der Waals surface area contributed by atoms with E-state index in [9.17, 15) is 19.7 Å². The molecule has 0 radical (unpaired) electrons. The Bertz CT molecular complexity index is 2050. The summed E-state index contributed by atoms with van der Waals surface area (Å²) in [5.41, 5.74) is 3.17. The van der Waals surface area contributed by atoms with E-state index in [1.165, 1.54) is 50.6 Å². The average molecular weight is 684 g/mol. The number of aromatic amines is 1. The van der Waals surface area contributed by atoms with Crippen LogP contribution < -0.4 is 19.8 Å². The number of ether oxygens (including phenoxy) is 3. The second-order valence-corrected chi connectivity index (χ2v) is 11.4. The van der Waals surface area contributed by atoms with Gasteiger partial charge in [-0.25, -0.2) is 5.01 Å². The topological polar surface area (TPSA) is 136 Å². The van der Waals surface area contributed by atoms with Crippen molar-refractivity contribution in [2.24, 2.45) is 5.10 Å². The molecule has 0 saturated carbocycles. The fourth-order valence-electron chi connectivity index (χ4n) is 5.71. The van der Waals surface area contributed by atoms with E-state index in [0.29, 0.717) is 33.7 Å². The van der Waals surface area contributed by atoms with Gasteiger partial charge in [-0.15, -0.1) is 0 Å². The molecule has 1 atom stereocenters. The van der Waals surface area contributed by atoms with Crippen molar-refractivity contribution in [1.29, 1.82) is 0 Å². The molecule has 46 heavy (non-hydrogen) atoms. The minimum Gasteiger partial charge on any atom is -0.493 e. The molecule has 232 valence electrons. The smallest absolute Gasteiger partial charge is 0.274 e. The van der Waals surface area contributed by atoms with E-state index in [1.807, 2.05) is 48.5 Å². The number of methoxy groups -OCH3 is 3. The van der Waals surface area contributed by atoms with E-state index in [0.717, 1.165) is 15.4 Å². The SMILES string of the molecule is COc1cc(C(=O)N2N=C(c3c(-c4ccccc4)c4cc(Br)ccc4[nH]c3=O)CC2c2ccc([N+](=O)[O-])cc2)cc(OC)c1OC. The molecule has 2 heterocycles. The van der Waals surface area contributed by atoms with Crippen molar-refractivity contribution in [3.63, 3.8) is 0 Å². The van der Waals surface area contributed by atoms with Crippen LogP contribution in [0.2, 0.25) is 0 Å². The number of fused-ring (bicyclic) bond motifs is 1. The second kappa shape index (κ2) is 12.5.